The molecule has 0 saturated carbocycles. The monoisotopic (exact) mass is 231 g/mol. The van der Waals surface area contributed by atoms with Crippen LogP contribution in [0.2, 0.25) is 0 Å². The molecule has 1 atom stereocenters. The Morgan fingerprint density at radius 2 is 1.88 bits per heavy atom. The van der Waals surface area contributed by atoms with Gasteiger partial charge in [0.05, 0.1) is 13.0 Å². The summed E-state index contributed by atoms with van der Waals surface area (Å²) in [6, 6.07) is 0. The highest BCUT2D eigenvalue weighted by molar-refractivity contribution is 5.72. The minimum Gasteiger partial charge on any atom is -0.469 e. The first kappa shape index (κ1) is 14.7. The predicted molar refractivity (Wildman–Crippen MR) is 60.0 cm³/mol. The van der Waals surface area contributed by atoms with E-state index in [1.165, 1.54) is 7.11 Å². The summed E-state index contributed by atoms with van der Waals surface area (Å²) in [5.74, 6) is -0.495. The number of hydrogen-bond donors (Lipinski definition) is 1. The van der Waals surface area contributed by atoms with Crippen LogP contribution in [0.15, 0.2) is 0 Å². The van der Waals surface area contributed by atoms with E-state index in [1.54, 1.807) is 27.7 Å². The third-order valence-corrected chi connectivity index (χ3v) is 1.85. The molecule has 5 heteroatoms. The number of nitrogens with one attached hydrogen (secondary N) is 1. The first-order chi connectivity index (χ1) is 7.26. The van der Waals surface area contributed by atoms with E-state index in [2.05, 4.69) is 10.1 Å². The van der Waals surface area contributed by atoms with Crippen LogP contribution < -0.4 is 5.32 Å². The van der Waals surface area contributed by atoms with Crippen molar-refractivity contribution in [2.45, 2.75) is 39.7 Å². The molecule has 0 radical (unpaired) electrons. The van der Waals surface area contributed by atoms with Crippen molar-refractivity contribution >= 4 is 12.1 Å². The third-order valence-electron chi connectivity index (χ3n) is 1.85. The van der Waals surface area contributed by atoms with Gasteiger partial charge in [-0.05, 0) is 27.2 Å². The summed E-state index contributed by atoms with van der Waals surface area (Å²) in [4.78, 5) is 22.3. The van der Waals surface area contributed by atoms with E-state index in [9.17, 15) is 9.59 Å². The topological polar surface area (TPSA) is 64.6 Å². The van der Waals surface area contributed by atoms with Crippen molar-refractivity contribution in [1.29, 1.82) is 0 Å². The van der Waals surface area contributed by atoms with E-state index in [1.807, 2.05) is 0 Å². The number of rotatable bonds is 4. The van der Waals surface area contributed by atoms with Gasteiger partial charge in [0.2, 0.25) is 0 Å². The standard InChI is InChI=1S/C11H21NO4/c1-8(9(13)15-5)6-7-12-10(14)16-11(2,3)4/h8H,6-7H2,1-5H3,(H,12,14). The fourth-order valence-electron chi connectivity index (χ4n) is 1.02. The molecule has 16 heavy (non-hydrogen) atoms. The second-order valence-corrected chi connectivity index (χ2v) is 4.64. The average Bonchev–Trinajstić information content (AvgIpc) is 2.13. The molecule has 0 fully saturated rings. The van der Waals surface area contributed by atoms with Gasteiger partial charge in [0, 0.05) is 6.54 Å². The summed E-state index contributed by atoms with van der Waals surface area (Å²) in [6.07, 6.45) is 0.0657. The number of esters is 1. The Morgan fingerprint density at radius 3 is 2.31 bits per heavy atom. The summed E-state index contributed by atoms with van der Waals surface area (Å²) < 4.78 is 9.61. The van der Waals surface area contributed by atoms with E-state index < -0.39 is 11.7 Å². The predicted octanol–water partition coefficient (Wildman–Crippen LogP) is 1.71. The second kappa shape index (κ2) is 6.35. The third kappa shape index (κ3) is 7.09. The van der Waals surface area contributed by atoms with Gasteiger partial charge in [0.1, 0.15) is 5.60 Å². The lowest BCUT2D eigenvalue weighted by molar-refractivity contribution is -0.145. The highest BCUT2D eigenvalue weighted by Crippen LogP contribution is 2.07. The maximum atomic E-state index is 11.2. The number of ether oxygens (including phenoxy) is 2. The number of alkyl carbamates (subject to hydrolysis) is 1. The smallest absolute Gasteiger partial charge is 0.407 e. The van der Waals surface area contributed by atoms with Crippen molar-refractivity contribution in [3.63, 3.8) is 0 Å². The fraction of sp³-hybridized carbons (Fsp3) is 0.818. The molecular weight excluding hydrogens is 210 g/mol. The quantitative estimate of drug-likeness (QED) is 0.748. The lowest BCUT2D eigenvalue weighted by atomic mass is 10.1. The molecule has 0 spiro atoms. The molecule has 0 aromatic rings. The lowest BCUT2D eigenvalue weighted by Crippen LogP contribution is -2.34. The van der Waals surface area contributed by atoms with Crippen molar-refractivity contribution in [2.24, 2.45) is 5.92 Å². The summed E-state index contributed by atoms with van der Waals surface area (Å²) in [5, 5.41) is 2.58. The van der Waals surface area contributed by atoms with Gasteiger partial charge < -0.3 is 14.8 Å². The summed E-state index contributed by atoms with van der Waals surface area (Å²) in [7, 11) is 1.35. The Balaban J connectivity index is 3.74. The van der Waals surface area contributed by atoms with E-state index in [4.69, 9.17) is 4.74 Å². The zero-order valence-electron chi connectivity index (χ0n) is 10.6. The maximum Gasteiger partial charge on any atom is 0.407 e. The van der Waals surface area contributed by atoms with Crippen molar-refractivity contribution in [3.8, 4) is 0 Å². The van der Waals surface area contributed by atoms with E-state index in [-0.39, 0.29) is 11.9 Å². The highest BCUT2D eigenvalue weighted by atomic mass is 16.6. The van der Waals surface area contributed by atoms with Gasteiger partial charge >= 0.3 is 12.1 Å². The summed E-state index contributed by atoms with van der Waals surface area (Å²) in [5.41, 5.74) is -0.502. The lowest BCUT2D eigenvalue weighted by Gasteiger charge is -2.20. The van der Waals surface area contributed by atoms with Gasteiger partial charge in [-0.3, -0.25) is 4.79 Å². The summed E-state index contributed by atoms with van der Waals surface area (Å²) >= 11 is 0. The van der Waals surface area contributed by atoms with Crippen LogP contribution in [0.1, 0.15) is 34.1 Å². The maximum absolute atomic E-state index is 11.2. The fourth-order valence-corrected chi connectivity index (χ4v) is 1.02. The number of carbonyl (C=O) groups excluding carboxylic acids is 2. The molecule has 0 bridgehead atoms. The molecule has 0 saturated heterocycles. The Kier molecular flexibility index (Phi) is 5.85. The Morgan fingerprint density at radius 1 is 1.31 bits per heavy atom. The molecule has 0 aliphatic heterocycles. The molecule has 0 aromatic carbocycles. The van der Waals surface area contributed by atoms with Crippen LogP contribution in [0.25, 0.3) is 0 Å². The van der Waals surface area contributed by atoms with Crippen molar-refractivity contribution in [3.05, 3.63) is 0 Å². The first-order valence-corrected chi connectivity index (χ1v) is 5.31. The van der Waals surface area contributed by atoms with Gasteiger partial charge in [-0.1, -0.05) is 6.92 Å². The van der Waals surface area contributed by atoms with Crippen LogP contribution in [0.3, 0.4) is 0 Å². The van der Waals surface area contributed by atoms with Gasteiger partial charge in [-0.25, -0.2) is 4.79 Å². The number of amides is 1. The molecule has 0 aromatic heterocycles. The number of methoxy groups -OCH3 is 1. The van der Waals surface area contributed by atoms with Crippen molar-refractivity contribution in [2.75, 3.05) is 13.7 Å². The number of carbonyl (C=O) groups is 2. The highest BCUT2D eigenvalue weighted by Gasteiger charge is 2.17. The van der Waals surface area contributed by atoms with Crippen LogP contribution in [-0.2, 0) is 14.3 Å². The molecular formula is C11H21NO4. The van der Waals surface area contributed by atoms with E-state index in [0.29, 0.717) is 13.0 Å². The Bertz CT molecular complexity index is 245. The largest absolute Gasteiger partial charge is 0.469 e. The molecule has 1 N–H and O–H groups in total. The zero-order valence-corrected chi connectivity index (χ0v) is 10.6. The first-order valence-electron chi connectivity index (χ1n) is 5.31. The van der Waals surface area contributed by atoms with E-state index >= 15 is 0 Å². The van der Waals surface area contributed by atoms with Gasteiger partial charge in [-0.2, -0.15) is 0 Å². The number of hydrogen-bond acceptors (Lipinski definition) is 4. The SMILES string of the molecule is COC(=O)C(C)CCNC(=O)OC(C)(C)C. The Hall–Kier alpha value is -1.26. The molecule has 0 aliphatic rings. The van der Waals surface area contributed by atoms with Crippen molar-refractivity contribution in [1.82, 2.24) is 5.32 Å². The normalized spacial score (nSPS) is 12.8. The molecule has 0 rings (SSSR count). The zero-order chi connectivity index (χ0) is 12.8. The van der Waals surface area contributed by atoms with Crippen molar-refractivity contribution < 1.29 is 19.1 Å². The average molecular weight is 231 g/mol. The Labute approximate surface area is 96.5 Å². The molecule has 1 amide bonds. The summed E-state index contributed by atoms with van der Waals surface area (Å²) in [6.45, 7) is 7.53. The molecule has 1 unspecified atom stereocenters. The molecule has 0 aliphatic carbocycles. The van der Waals surface area contributed by atoms with Crippen LogP contribution in [-0.4, -0.2) is 31.3 Å². The molecule has 0 heterocycles. The van der Waals surface area contributed by atoms with Crippen LogP contribution >= 0.6 is 0 Å². The minimum absolute atomic E-state index is 0.222. The van der Waals surface area contributed by atoms with Gasteiger partial charge in [-0.15, -0.1) is 0 Å². The second-order valence-electron chi connectivity index (χ2n) is 4.64. The molecule has 5 nitrogen and oxygen atoms in total. The minimum atomic E-state index is -0.502. The van der Waals surface area contributed by atoms with E-state index in [0.717, 1.165) is 0 Å². The molecule has 94 valence electrons. The van der Waals surface area contributed by atoms with Gasteiger partial charge in [0.15, 0.2) is 0 Å². The van der Waals surface area contributed by atoms with Crippen LogP contribution in [0.5, 0.6) is 0 Å². The van der Waals surface area contributed by atoms with Gasteiger partial charge in [0.25, 0.3) is 0 Å². The van der Waals surface area contributed by atoms with Crippen LogP contribution in [0, 0.1) is 5.92 Å². The van der Waals surface area contributed by atoms with Crippen LogP contribution in [0.4, 0.5) is 4.79 Å².